The van der Waals surface area contributed by atoms with Crippen molar-refractivity contribution in [2.45, 2.75) is 25.7 Å². The Morgan fingerprint density at radius 1 is 1.47 bits per heavy atom. The number of aromatic carboxylic acids is 1. The van der Waals surface area contributed by atoms with Gasteiger partial charge in [0.25, 0.3) is 0 Å². The van der Waals surface area contributed by atoms with Crippen LogP contribution in [0, 0.1) is 6.92 Å². The second kappa shape index (κ2) is 4.35. The molecule has 2 N–H and O–H groups in total. The van der Waals surface area contributed by atoms with Crippen molar-refractivity contribution in [2.24, 2.45) is 0 Å². The number of thiophene rings is 1. The van der Waals surface area contributed by atoms with Gasteiger partial charge in [0.1, 0.15) is 0 Å². The van der Waals surface area contributed by atoms with Gasteiger partial charge in [-0.25, -0.2) is 4.79 Å². The number of aromatic amines is 1. The molecule has 0 bridgehead atoms. The van der Waals surface area contributed by atoms with Crippen LogP contribution >= 0.6 is 11.3 Å². The molecule has 0 spiro atoms. The van der Waals surface area contributed by atoms with Crippen LogP contribution in [0.4, 0.5) is 0 Å². The van der Waals surface area contributed by atoms with Gasteiger partial charge in [-0.05, 0) is 24.8 Å². The van der Waals surface area contributed by atoms with Crippen molar-refractivity contribution in [2.75, 3.05) is 0 Å². The normalized spacial score (nSPS) is 18.4. The number of rotatable bonds is 2. The maximum absolute atomic E-state index is 12.3. The van der Waals surface area contributed by atoms with E-state index in [1.54, 1.807) is 18.3 Å². The van der Waals surface area contributed by atoms with Gasteiger partial charge >= 0.3 is 5.97 Å². The summed E-state index contributed by atoms with van der Waals surface area (Å²) in [5.41, 5.74) is 1.87. The summed E-state index contributed by atoms with van der Waals surface area (Å²) in [7, 11) is 0. The number of hydrogen-bond acceptors (Lipinski definition) is 3. The number of aromatic nitrogens is 1. The van der Waals surface area contributed by atoms with E-state index in [9.17, 15) is 14.7 Å². The number of ketones is 1. The third-order valence-electron chi connectivity index (χ3n) is 3.59. The molecule has 1 aliphatic carbocycles. The minimum Gasteiger partial charge on any atom is -0.478 e. The SMILES string of the molecule is Cc1[nH]c2c(c1C(=O)O)C(=O)C[C@H](c1cccs1)C2. The number of Topliss-reactive ketones (excluding diaryl/α,β-unsaturated/α-hetero) is 1. The van der Waals surface area contributed by atoms with Crippen molar-refractivity contribution in [3.63, 3.8) is 0 Å². The molecule has 1 atom stereocenters. The first kappa shape index (κ1) is 12.2. The fourth-order valence-corrected chi connectivity index (χ4v) is 3.62. The smallest absolute Gasteiger partial charge is 0.338 e. The predicted octanol–water partition coefficient (Wildman–Crippen LogP) is 3.00. The lowest BCUT2D eigenvalue weighted by molar-refractivity contribution is 0.0690. The Hall–Kier alpha value is -1.88. The minimum atomic E-state index is -1.03. The van der Waals surface area contributed by atoms with E-state index in [0.717, 1.165) is 5.69 Å². The Morgan fingerprint density at radius 2 is 2.26 bits per heavy atom. The van der Waals surface area contributed by atoms with Gasteiger partial charge in [0.2, 0.25) is 0 Å². The monoisotopic (exact) mass is 275 g/mol. The van der Waals surface area contributed by atoms with Crippen molar-refractivity contribution < 1.29 is 14.7 Å². The molecule has 2 aromatic heterocycles. The van der Waals surface area contributed by atoms with Gasteiger partial charge in [0.15, 0.2) is 5.78 Å². The summed E-state index contributed by atoms with van der Waals surface area (Å²) in [6.45, 7) is 1.70. The first-order chi connectivity index (χ1) is 9.08. The van der Waals surface area contributed by atoms with Gasteiger partial charge in [0, 0.05) is 28.6 Å². The summed E-state index contributed by atoms with van der Waals surface area (Å²) >= 11 is 1.64. The van der Waals surface area contributed by atoms with E-state index >= 15 is 0 Å². The van der Waals surface area contributed by atoms with Crippen molar-refractivity contribution in [1.82, 2.24) is 4.98 Å². The third kappa shape index (κ3) is 1.90. The highest BCUT2D eigenvalue weighted by atomic mass is 32.1. The molecule has 2 aromatic rings. The topological polar surface area (TPSA) is 70.2 Å². The van der Waals surface area contributed by atoms with E-state index in [0.29, 0.717) is 24.1 Å². The summed E-state index contributed by atoms with van der Waals surface area (Å²) in [6.07, 6.45) is 1.10. The van der Waals surface area contributed by atoms with E-state index in [1.807, 2.05) is 17.5 Å². The number of carbonyl (C=O) groups is 2. The van der Waals surface area contributed by atoms with E-state index in [4.69, 9.17) is 0 Å². The van der Waals surface area contributed by atoms with Crippen LogP contribution in [0.25, 0.3) is 0 Å². The average Bonchev–Trinajstić information content (AvgIpc) is 2.94. The highest BCUT2D eigenvalue weighted by Crippen LogP contribution is 2.36. The molecule has 5 heteroatoms. The summed E-state index contributed by atoms with van der Waals surface area (Å²) < 4.78 is 0. The number of carbonyl (C=O) groups excluding carboxylic acids is 1. The van der Waals surface area contributed by atoms with Crippen molar-refractivity contribution in [3.8, 4) is 0 Å². The summed E-state index contributed by atoms with van der Waals surface area (Å²) in [4.78, 5) is 27.7. The van der Waals surface area contributed by atoms with Crippen LogP contribution in [-0.2, 0) is 6.42 Å². The maximum atomic E-state index is 12.3. The molecule has 0 unspecified atom stereocenters. The van der Waals surface area contributed by atoms with Gasteiger partial charge < -0.3 is 10.1 Å². The molecule has 4 nitrogen and oxygen atoms in total. The third-order valence-corrected chi connectivity index (χ3v) is 4.62. The van der Waals surface area contributed by atoms with Crippen molar-refractivity contribution >= 4 is 23.1 Å². The maximum Gasteiger partial charge on any atom is 0.338 e. The largest absolute Gasteiger partial charge is 0.478 e. The highest BCUT2D eigenvalue weighted by Gasteiger charge is 2.33. The zero-order valence-electron chi connectivity index (χ0n) is 10.4. The molecule has 0 aliphatic heterocycles. The van der Waals surface area contributed by atoms with Gasteiger partial charge in [0.05, 0.1) is 11.1 Å². The van der Waals surface area contributed by atoms with Crippen LogP contribution in [0.2, 0.25) is 0 Å². The van der Waals surface area contributed by atoms with Crippen LogP contribution in [0.15, 0.2) is 17.5 Å². The van der Waals surface area contributed by atoms with E-state index in [-0.39, 0.29) is 17.3 Å². The molecule has 3 rings (SSSR count). The van der Waals surface area contributed by atoms with Gasteiger partial charge in [-0.1, -0.05) is 6.07 Å². The first-order valence-electron chi connectivity index (χ1n) is 6.09. The second-order valence-electron chi connectivity index (χ2n) is 4.83. The molecule has 2 heterocycles. The Labute approximate surface area is 114 Å². The molecular formula is C14H13NO3S. The van der Waals surface area contributed by atoms with E-state index < -0.39 is 5.97 Å². The van der Waals surface area contributed by atoms with Crippen LogP contribution in [0.1, 0.15) is 49.3 Å². The van der Waals surface area contributed by atoms with E-state index in [2.05, 4.69) is 4.98 Å². The second-order valence-corrected chi connectivity index (χ2v) is 5.81. The number of carboxylic acids is 1. The molecule has 0 fully saturated rings. The molecule has 0 aromatic carbocycles. The summed E-state index contributed by atoms with van der Waals surface area (Å²) in [5, 5.41) is 11.2. The van der Waals surface area contributed by atoms with Gasteiger partial charge in [-0.3, -0.25) is 4.79 Å². The zero-order chi connectivity index (χ0) is 13.6. The Bertz CT molecular complexity index is 655. The van der Waals surface area contributed by atoms with Crippen LogP contribution < -0.4 is 0 Å². The van der Waals surface area contributed by atoms with Crippen LogP contribution in [0.3, 0.4) is 0 Å². The van der Waals surface area contributed by atoms with Crippen LogP contribution in [0.5, 0.6) is 0 Å². The number of carboxylic acid groups (broad SMARTS) is 1. The molecular weight excluding hydrogens is 262 g/mol. The van der Waals surface area contributed by atoms with Crippen molar-refractivity contribution in [1.29, 1.82) is 0 Å². The number of H-pyrrole nitrogens is 1. The molecule has 0 saturated heterocycles. The minimum absolute atomic E-state index is 0.0681. The highest BCUT2D eigenvalue weighted by molar-refractivity contribution is 7.10. The lowest BCUT2D eigenvalue weighted by Crippen LogP contribution is -2.19. The van der Waals surface area contributed by atoms with Crippen molar-refractivity contribution in [3.05, 3.63) is 44.9 Å². The van der Waals surface area contributed by atoms with Gasteiger partial charge in [-0.2, -0.15) is 0 Å². The number of aryl methyl sites for hydroxylation is 1. The number of nitrogens with one attached hydrogen (secondary N) is 1. The Morgan fingerprint density at radius 3 is 2.89 bits per heavy atom. The Kier molecular flexibility index (Phi) is 2.78. The van der Waals surface area contributed by atoms with Crippen LogP contribution in [-0.4, -0.2) is 21.8 Å². The summed E-state index contributed by atoms with van der Waals surface area (Å²) in [6, 6.07) is 4.00. The fraction of sp³-hybridized carbons (Fsp3) is 0.286. The fourth-order valence-electron chi connectivity index (χ4n) is 2.79. The quantitative estimate of drug-likeness (QED) is 0.885. The lowest BCUT2D eigenvalue weighted by Gasteiger charge is -2.20. The zero-order valence-corrected chi connectivity index (χ0v) is 11.2. The Balaban J connectivity index is 2.05. The molecule has 19 heavy (non-hydrogen) atoms. The average molecular weight is 275 g/mol. The molecule has 98 valence electrons. The standard InChI is InChI=1S/C14H13NO3S/c1-7-12(14(17)18)13-9(15-7)5-8(6-10(13)16)11-3-2-4-19-11/h2-4,8,15H,5-6H2,1H3,(H,17,18)/t8-/m1/s1. The van der Waals surface area contributed by atoms with Gasteiger partial charge in [-0.15, -0.1) is 11.3 Å². The molecule has 0 saturated carbocycles. The lowest BCUT2D eigenvalue weighted by atomic mass is 9.84. The number of hydrogen-bond donors (Lipinski definition) is 2. The number of fused-ring (bicyclic) bond motifs is 1. The summed E-state index contributed by atoms with van der Waals surface area (Å²) in [5.74, 6) is -0.931. The molecule has 0 radical (unpaired) electrons. The first-order valence-corrected chi connectivity index (χ1v) is 6.97. The van der Waals surface area contributed by atoms with E-state index in [1.165, 1.54) is 4.88 Å². The predicted molar refractivity (Wildman–Crippen MR) is 72.2 cm³/mol. The molecule has 0 amide bonds. The molecule has 1 aliphatic rings.